The lowest BCUT2D eigenvalue weighted by atomic mass is 10.2. The molecular weight excluding hydrogens is 508 g/mol. The molecule has 0 fully saturated rings. The van der Waals surface area contributed by atoms with Gasteiger partial charge in [0.2, 0.25) is 0 Å². The van der Waals surface area contributed by atoms with Crippen LogP contribution < -0.4 is 14.4 Å². The van der Waals surface area contributed by atoms with Crippen molar-refractivity contribution in [3.8, 4) is 17.4 Å². The number of hydrogen-bond acceptors (Lipinski definition) is 8. The lowest BCUT2D eigenvalue weighted by Crippen LogP contribution is -2.29. The molecule has 2 aromatic heterocycles. The van der Waals surface area contributed by atoms with Crippen molar-refractivity contribution >= 4 is 38.6 Å². The van der Waals surface area contributed by atoms with Crippen LogP contribution in [0.3, 0.4) is 0 Å². The summed E-state index contributed by atoms with van der Waals surface area (Å²) in [5.41, 5.74) is 2.46. The van der Waals surface area contributed by atoms with Gasteiger partial charge in [0.15, 0.2) is 17.1 Å². The van der Waals surface area contributed by atoms with Gasteiger partial charge in [-0.05, 0) is 61.4 Å². The molecular formula is C27H22N4O6S. The molecule has 0 radical (unpaired) electrons. The highest BCUT2D eigenvalue weighted by Gasteiger charge is 2.30. The zero-order valence-electron chi connectivity index (χ0n) is 20.2. The van der Waals surface area contributed by atoms with Crippen LogP contribution in [0.2, 0.25) is 0 Å². The average molecular weight is 531 g/mol. The first-order valence-electron chi connectivity index (χ1n) is 12.0. The van der Waals surface area contributed by atoms with Crippen molar-refractivity contribution in [3.63, 3.8) is 0 Å². The van der Waals surface area contributed by atoms with Crippen LogP contribution in [0.25, 0.3) is 22.6 Å². The summed E-state index contributed by atoms with van der Waals surface area (Å²) in [6.45, 7) is 2.75. The first kappa shape index (κ1) is 23.7. The summed E-state index contributed by atoms with van der Waals surface area (Å²) in [5.74, 6) is 0.493. The number of carbonyl (C=O) groups is 1. The van der Waals surface area contributed by atoms with Crippen molar-refractivity contribution in [2.24, 2.45) is 0 Å². The van der Waals surface area contributed by atoms with Gasteiger partial charge in [-0.25, -0.2) is 8.42 Å². The number of ether oxygens (including phenoxy) is 1. The molecule has 0 bridgehead atoms. The van der Waals surface area contributed by atoms with Crippen LogP contribution in [-0.2, 0) is 16.4 Å². The van der Waals surface area contributed by atoms with E-state index < -0.39 is 15.9 Å². The van der Waals surface area contributed by atoms with E-state index in [0.29, 0.717) is 42.4 Å². The molecule has 11 heteroatoms. The van der Waals surface area contributed by atoms with Gasteiger partial charge in [-0.2, -0.15) is 0 Å². The monoisotopic (exact) mass is 530 g/mol. The molecule has 0 saturated heterocycles. The van der Waals surface area contributed by atoms with Crippen LogP contribution in [-0.4, -0.2) is 37.7 Å². The fraction of sp³-hybridized carbons (Fsp3) is 0.148. The van der Waals surface area contributed by atoms with Gasteiger partial charge < -0.3 is 13.6 Å². The van der Waals surface area contributed by atoms with Gasteiger partial charge in [-0.1, -0.05) is 35.4 Å². The first-order chi connectivity index (χ1) is 18.4. The minimum Gasteiger partial charge on any atom is -0.490 e. The minimum atomic E-state index is -3.76. The highest BCUT2D eigenvalue weighted by atomic mass is 32.2. The van der Waals surface area contributed by atoms with Crippen molar-refractivity contribution < 1.29 is 26.8 Å². The Labute approximate surface area is 217 Å². The molecule has 1 aliphatic heterocycles. The molecule has 3 aromatic carbocycles. The van der Waals surface area contributed by atoms with Gasteiger partial charge in [-0.3, -0.25) is 14.4 Å². The van der Waals surface area contributed by atoms with Crippen LogP contribution >= 0.6 is 0 Å². The Kier molecular flexibility index (Phi) is 5.84. The number of sulfonamides is 1. The number of hydrogen-bond donors (Lipinski definition) is 1. The van der Waals surface area contributed by atoms with Crippen LogP contribution in [0.1, 0.15) is 22.8 Å². The number of nitrogens with one attached hydrogen (secondary N) is 1. The summed E-state index contributed by atoms with van der Waals surface area (Å²) in [5, 5.41) is 11.2. The first-order valence-corrected chi connectivity index (χ1v) is 13.4. The number of nitrogens with zero attached hydrogens (tertiary/aromatic N) is 3. The summed E-state index contributed by atoms with van der Waals surface area (Å²) < 4.78 is 44.8. The standard InChI is InChI=1S/C27H22N4O6S/c1-2-35-22-9-5-7-19-16-23(36-24(19)22)26-29-30-27(37-26)28-25(32)18-10-12-20(13-11-18)38(33,34)31-15-14-17-6-3-4-8-21(17)31/h3-13,16H,2,14-15H2,1H3,(H,28,30,32). The molecule has 0 saturated carbocycles. The van der Waals surface area contributed by atoms with E-state index in [-0.39, 0.29) is 22.4 Å². The highest BCUT2D eigenvalue weighted by molar-refractivity contribution is 7.92. The third-order valence-electron chi connectivity index (χ3n) is 6.21. The number of furan rings is 1. The molecule has 38 heavy (non-hydrogen) atoms. The molecule has 5 aromatic rings. The fourth-order valence-electron chi connectivity index (χ4n) is 4.42. The lowest BCUT2D eigenvalue weighted by Gasteiger charge is -2.19. The Morgan fingerprint density at radius 3 is 2.66 bits per heavy atom. The molecule has 192 valence electrons. The summed E-state index contributed by atoms with van der Waals surface area (Å²) >= 11 is 0. The second kappa shape index (κ2) is 9.34. The van der Waals surface area contributed by atoms with Gasteiger partial charge in [0.25, 0.3) is 21.8 Å². The van der Waals surface area contributed by atoms with Crippen molar-refractivity contribution in [1.82, 2.24) is 10.2 Å². The maximum Gasteiger partial charge on any atom is 0.322 e. The number of carbonyl (C=O) groups excluding carboxylic acids is 1. The van der Waals surface area contributed by atoms with E-state index in [1.807, 2.05) is 37.3 Å². The van der Waals surface area contributed by atoms with Crippen molar-refractivity contribution in [3.05, 3.63) is 83.9 Å². The Bertz CT molecular complexity index is 1760. The minimum absolute atomic E-state index is 0.0892. The number of anilines is 2. The molecule has 0 atom stereocenters. The molecule has 0 unspecified atom stereocenters. The number of fused-ring (bicyclic) bond motifs is 2. The van der Waals surface area contributed by atoms with Crippen LogP contribution in [0.15, 0.2) is 86.5 Å². The molecule has 1 N–H and O–H groups in total. The van der Waals surface area contributed by atoms with Crippen molar-refractivity contribution in [2.45, 2.75) is 18.2 Å². The van der Waals surface area contributed by atoms with E-state index in [0.717, 1.165) is 10.9 Å². The topological polar surface area (TPSA) is 128 Å². The molecule has 1 aliphatic rings. The van der Waals surface area contributed by atoms with Gasteiger partial charge >= 0.3 is 6.01 Å². The zero-order valence-corrected chi connectivity index (χ0v) is 21.1. The largest absolute Gasteiger partial charge is 0.490 e. The maximum atomic E-state index is 13.2. The fourth-order valence-corrected chi connectivity index (χ4v) is 5.92. The van der Waals surface area contributed by atoms with E-state index in [1.54, 1.807) is 18.2 Å². The van der Waals surface area contributed by atoms with E-state index >= 15 is 0 Å². The molecule has 0 aliphatic carbocycles. The predicted molar refractivity (Wildman–Crippen MR) is 140 cm³/mol. The van der Waals surface area contributed by atoms with E-state index in [4.69, 9.17) is 13.6 Å². The summed E-state index contributed by atoms with van der Waals surface area (Å²) in [7, 11) is -3.76. The lowest BCUT2D eigenvalue weighted by molar-refractivity contribution is 0.102. The maximum absolute atomic E-state index is 13.2. The van der Waals surface area contributed by atoms with Gasteiger partial charge in [0.05, 0.1) is 17.2 Å². The number of aromatic nitrogens is 2. The second-order valence-electron chi connectivity index (χ2n) is 8.56. The zero-order chi connectivity index (χ0) is 26.3. The quantitative estimate of drug-likeness (QED) is 0.315. The van der Waals surface area contributed by atoms with E-state index in [9.17, 15) is 13.2 Å². The van der Waals surface area contributed by atoms with Crippen molar-refractivity contribution in [1.29, 1.82) is 0 Å². The number of para-hydroxylation sites is 2. The van der Waals surface area contributed by atoms with Crippen LogP contribution in [0.5, 0.6) is 5.75 Å². The average Bonchev–Trinajstić information content (AvgIpc) is 3.67. The second-order valence-corrected chi connectivity index (χ2v) is 10.4. The number of amides is 1. The van der Waals surface area contributed by atoms with Crippen LogP contribution in [0.4, 0.5) is 11.7 Å². The van der Waals surface area contributed by atoms with E-state index in [1.165, 1.54) is 28.6 Å². The molecule has 10 nitrogen and oxygen atoms in total. The van der Waals surface area contributed by atoms with Gasteiger partial charge in [-0.15, -0.1) is 5.10 Å². The Hall–Kier alpha value is -4.64. The third kappa shape index (κ3) is 4.16. The summed E-state index contributed by atoms with van der Waals surface area (Å²) in [4.78, 5) is 12.9. The molecule has 0 spiro atoms. The Morgan fingerprint density at radius 1 is 1.03 bits per heavy atom. The number of benzene rings is 3. The normalized spacial score (nSPS) is 13.0. The van der Waals surface area contributed by atoms with E-state index in [2.05, 4.69) is 15.5 Å². The summed E-state index contributed by atoms with van der Waals surface area (Å²) in [6, 6.07) is 20.3. The predicted octanol–water partition coefficient (Wildman–Crippen LogP) is 4.89. The smallest absolute Gasteiger partial charge is 0.322 e. The molecule has 1 amide bonds. The Morgan fingerprint density at radius 2 is 1.84 bits per heavy atom. The number of rotatable bonds is 7. The van der Waals surface area contributed by atoms with Gasteiger partial charge in [0, 0.05) is 17.5 Å². The van der Waals surface area contributed by atoms with Crippen molar-refractivity contribution in [2.75, 3.05) is 22.8 Å². The van der Waals surface area contributed by atoms with Gasteiger partial charge in [0.1, 0.15) is 0 Å². The van der Waals surface area contributed by atoms with Crippen LogP contribution in [0, 0.1) is 0 Å². The highest BCUT2D eigenvalue weighted by Crippen LogP contribution is 2.34. The molecule has 6 rings (SSSR count). The summed E-state index contributed by atoms with van der Waals surface area (Å²) in [6.07, 6.45) is 0.657. The molecule has 3 heterocycles. The third-order valence-corrected chi connectivity index (χ3v) is 8.04. The Balaban J connectivity index is 1.17. The SMILES string of the molecule is CCOc1cccc2cc(-c3nnc(NC(=O)c4ccc(S(=O)(=O)N5CCc6ccccc65)cc4)o3)oc12.